The topological polar surface area (TPSA) is 39.2 Å². The molecule has 0 saturated carbocycles. The second kappa shape index (κ2) is 6.96. The lowest BCUT2D eigenvalue weighted by Crippen LogP contribution is -2.05. The number of carbonyl (C=O) groups excluding carboxylic acids is 1. The van der Waals surface area contributed by atoms with Crippen molar-refractivity contribution in [3.05, 3.63) is 94.7 Å². The number of ether oxygens (including phenoxy) is 1. The molecule has 0 atom stereocenters. The number of aromatic nitrogens is 1. The Hall–Kier alpha value is -3.41. The highest BCUT2D eigenvalue weighted by molar-refractivity contribution is 6.15. The van der Waals surface area contributed by atoms with Gasteiger partial charge >= 0.3 is 6.18 Å². The van der Waals surface area contributed by atoms with Crippen molar-refractivity contribution in [2.45, 2.75) is 12.6 Å². The van der Waals surface area contributed by atoms with E-state index in [0.717, 1.165) is 34.5 Å². The molecular formula is C22H14F3NO2. The molecule has 1 aliphatic carbocycles. The standard InChI is InChI=1S/C22H14F3NO2/c23-22(24,25)17-7-10-20(26-13-17)28-18-8-5-14(6-9-18)11-16-12-15-3-1-2-4-19(15)21(16)27/h1-11,13H,12H2/b16-11-. The van der Waals surface area contributed by atoms with Crippen LogP contribution in [0.4, 0.5) is 13.2 Å². The van der Waals surface area contributed by atoms with Crippen molar-refractivity contribution in [3.63, 3.8) is 0 Å². The number of hydrogen-bond acceptors (Lipinski definition) is 3. The van der Waals surface area contributed by atoms with Gasteiger partial charge in [-0.05, 0) is 35.4 Å². The molecule has 3 aromatic rings. The molecule has 140 valence electrons. The zero-order valence-electron chi connectivity index (χ0n) is 14.5. The van der Waals surface area contributed by atoms with E-state index in [4.69, 9.17) is 4.74 Å². The third-order valence-electron chi connectivity index (χ3n) is 4.44. The zero-order chi connectivity index (χ0) is 19.7. The number of halogens is 3. The Labute approximate surface area is 159 Å². The number of ketones is 1. The first kappa shape index (κ1) is 18.0. The number of rotatable bonds is 3. The third-order valence-corrected chi connectivity index (χ3v) is 4.44. The molecule has 0 spiro atoms. The Balaban J connectivity index is 1.47. The molecule has 0 bridgehead atoms. The Morgan fingerprint density at radius 2 is 1.71 bits per heavy atom. The maximum atomic E-state index is 12.6. The van der Waals surface area contributed by atoms with Gasteiger partial charge in [0.05, 0.1) is 5.56 Å². The van der Waals surface area contributed by atoms with Crippen LogP contribution in [0.2, 0.25) is 0 Å². The number of fused-ring (bicyclic) bond motifs is 1. The van der Waals surface area contributed by atoms with E-state index in [1.54, 1.807) is 24.3 Å². The zero-order valence-corrected chi connectivity index (χ0v) is 14.5. The molecule has 1 aromatic heterocycles. The van der Waals surface area contributed by atoms with Crippen LogP contribution in [-0.2, 0) is 12.6 Å². The van der Waals surface area contributed by atoms with E-state index >= 15 is 0 Å². The third kappa shape index (κ3) is 3.67. The summed E-state index contributed by atoms with van der Waals surface area (Å²) in [5, 5.41) is 0. The Morgan fingerprint density at radius 1 is 0.964 bits per heavy atom. The van der Waals surface area contributed by atoms with Gasteiger partial charge in [-0.1, -0.05) is 36.4 Å². The van der Waals surface area contributed by atoms with E-state index in [1.165, 1.54) is 6.07 Å². The highest BCUT2D eigenvalue weighted by Crippen LogP contribution is 2.31. The second-order valence-corrected chi connectivity index (χ2v) is 6.39. The molecule has 0 saturated heterocycles. The highest BCUT2D eigenvalue weighted by Gasteiger charge is 2.30. The molecule has 0 N–H and O–H groups in total. The van der Waals surface area contributed by atoms with Crippen LogP contribution >= 0.6 is 0 Å². The summed E-state index contributed by atoms with van der Waals surface area (Å²) < 4.78 is 43.2. The highest BCUT2D eigenvalue weighted by atomic mass is 19.4. The fraction of sp³-hybridized carbons (Fsp3) is 0.0909. The normalized spacial score (nSPS) is 15.0. The average molecular weight is 381 g/mol. The minimum atomic E-state index is -4.43. The summed E-state index contributed by atoms with van der Waals surface area (Å²) in [5.74, 6) is 0.542. The van der Waals surface area contributed by atoms with Gasteiger partial charge in [0, 0.05) is 29.8 Å². The summed E-state index contributed by atoms with van der Waals surface area (Å²) in [5.41, 5.74) is 2.49. The summed E-state index contributed by atoms with van der Waals surface area (Å²) >= 11 is 0. The maximum Gasteiger partial charge on any atom is 0.417 e. The van der Waals surface area contributed by atoms with E-state index in [1.807, 2.05) is 30.3 Å². The number of allylic oxidation sites excluding steroid dienone is 1. The Kier molecular flexibility index (Phi) is 4.47. The van der Waals surface area contributed by atoms with Gasteiger partial charge in [-0.25, -0.2) is 4.98 Å². The summed E-state index contributed by atoms with van der Waals surface area (Å²) in [6.07, 6.45) is -1.26. The van der Waals surface area contributed by atoms with Crippen molar-refractivity contribution >= 4 is 11.9 Å². The maximum absolute atomic E-state index is 12.6. The van der Waals surface area contributed by atoms with Crippen LogP contribution < -0.4 is 4.74 Å². The van der Waals surface area contributed by atoms with Gasteiger partial charge in [0.15, 0.2) is 5.78 Å². The average Bonchev–Trinajstić information content (AvgIpc) is 2.99. The van der Waals surface area contributed by atoms with Crippen molar-refractivity contribution in [1.82, 2.24) is 4.98 Å². The molecule has 1 heterocycles. The minimum Gasteiger partial charge on any atom is -0.439 e. The number of benzene rings is 2. The first-order chi connectivity index (χ1) is 13.4. The van der Waals surface area contributed by atoms with E-state index in [-0.39, 0.29) is 11.7 Å². The van der Waals surface area contributed by atoms with Crippen molar-refractivity contribution in [2.24, 2.45) is 0 Å². The predicted octanol–water partition coefficient (Wildman–Crippen LogP) is 5.72. The van der Waals surface area contributed by atoms with Gasteiger partial charge in [-0.15, -0.1) is 0 Å². The largest absolute Gasteiger partial charge is 0.439 e. The van der Waals surface area contributed by atoms with E-state index in [0.29, 0.717) is 12.2 Å². The van der Waals surface area contributed by atoms with E-state index < -0.39 is 11.7 Å². The second-order valence-electron chi connectivity index (χ2n) is 6.39. The first-order valence-electron chi connectivity index (χ1n) is 8.54. The van der Waals surface area contributed by atoms with Gasteiger partial charge in [0.2, 0.25) is 5.88 Å². The molecular weight excluding hydrogens is 367 g/mol. The monoisotopic (exact) mass is 381 g/mol. The Bertz CT molecular complexity index is 1050. The summed E-state index contributed by atoms with van der Waals surface area (Å²) in [7, 11) is 0. The molecule has 0 unspecified atom stereocenters. The van der Waals surface area contributed by atoms with Gasteiger partial charge in [-0.3, -0.25) is 4.79 Å². The van der Waals surface area contributed by atoms with Crippen LogP contribution in [0.1, 0.15) is 27.0 Å². The predicted molar refractivity (Wildman–Crippen MR) is 98.2 cm³/mol. The molecule has 2 aromatic carbocycles. The molecule has 3 nitrogen and oxygen atoms in total. The Morgan fingerprint density at radius 3 is 2.36 bits per heavy atom. The number of Topliss-reactive ketones (excluding diaryl/α,β-unsaturated/α-hetero) is 1. The SMILES string of the molecule is O=C1/C(=C\c2ccc(Oc3ccc(C(F)(F)F)cn3)cc2)Cc2ccccc21. The summed E-state index contributed by atoms with van der Waals surface area (Å²) in [6, 6.07) is 16.5. The molecule has 1 aliphatic rings. The van der Waals surface area contributed by atoms with Gasteiger partial charge in [0.25, 0.3) is 0 Å². The molecule has 0 fully saturated rings. The van der Waals surface area contributed by atoms with Crippen molar-refractivity contribution in [2.75, 3.05) is 0 Å². The number of nitrogens with zero attached hydrogens (tertiary/aromatic N) is 1. The lowest BCUT2D eigenvalue weighted by molar-refractivity contribution is -0.137. The minimum absolute atomic E-state index is 0.0323. The molecule has 0 radical (unpaired) electrons. The fourth-order valence-electron chi connectivity index (χ4n) is 3.03. The summed E-state index contributed by atoms with van der Waals surface area (Å²) in [6.45, 7) is 0. The lowest BCUT2D eigenvalue weighted by Gasteiger charge is -2.08. The molecule has 28 heavy (non-hydrogen) atoms. The van der Waals surface area contributed by atoms with E-state index in [2.05, 4.69) is 4.98 Å². The van der Waals surface area contributed by atoms with E-state index in [9.17, 15) is 18.0 Å². The molecule has 6 heteroatoms. The van der Waals surface area contributed by atoms with Crippen LogP contribution in [0.5, 0.6) is 11.6 Å². The van der Waals surface area contributed by atoms with Gasteiger partial charge in [0.1, 0.15) is 5.75 Å². The molecule has 0 amide bonds. The molecule has 0 aliphatic heterocycles. The van der Waals surface area contributed by atoms with Crippen molar-refractivity contribution < 1.29 is 22.7 Å². The number of pyridine rings is 1. The number of alkyl halides is 3. The quantitative estimate of drug-likeness (QED) is 0.545. The van der Waals surface area contributed by atoms with Crippen LogP contribution in [0.3, 0.4) is 0 Å². The molecule has 4 rings (SSSR count). The first-order valence-corrected chi connectivity index (χ1v) is 8.54. The summed E-state index contributed by atoms with van der Waals surface area (Å²) in [4.78, 5) is 16.1. The van der Waals surface area contributed by atoms with Gasteiger partial charge in [-0.2, -0.15) is 13.2 Å². The van der Waals surface area contributed by atoms with Crippen LogP contribution in [0.15, 0.2) is 72.4 Å². The van der Waals surface area contributed by atoms with Crippen molar-refractivity contribution in [3.8, 4) is 11.6 Å². The van der Waals surface area contributed by atoms with Crippen LogP contribution in [0, 0.1) is 0 Å². The fourth-order valence-corrected chi connectivity index (χ4v) is 3.03. The lowest BCUT2D eigenvalue weighted by atomic mass is 10.1. The number of hydrogen-bond donors (Lipinski definition) is 0. The van der Waals surface area contributed by atoms with Crippen LogP contribution in [-0.4, -0.2) is 10.8 Å². The van der Waals surface area contributed by atoms with Crippen molar-refractivity contribution in [1.29, 1.82) is 0 Å². The van der Waals surface area contributed by atoms with Crippen LogP contribution in [0.25, 0.3) is 6.08 Å². The smallest absolute Gasteiger partial charge is 0.417 e. The number of carbonyl (C=O) groups is 1. The van der Waals surface area contributed by atoms with Gasteiger partial charge < -0.3 is 4.74 Å².